The zero-order chi connectivity index (χ0) is 13.1. The molecule has 0 radical (unpaired) electrons. The highest BCUT2D eigenvalue weighted by atomic mass is 32.1. The topological polar surface area (TPSA) is 54.5 Å². The van der Waals surface area contributed by atoms with Crippen molar-refractivity contribution in [2.24, 2.45) is 0 Å². The molecule has 2 aromatic heterocycles. The first-order chi connectivity index (χ1) is 9.38. The van der Waals surface area contributed by atoms with E-state index < -0.39 is 0 Å². The summed E-state index contributed by atoms with van der Waals surface area (Å²) in [7, 11) is 0. The van der Waals surface area contributed by atoms with Gasteiger partial charge in [-0.1, -0.05) is 12.5 Å². The Bertz CT molecular complexity index is 631. The highest BCUT2D eigenvalue weighted by Gasteiger charge is 2.17. The van der Waals surface area contributed by atoms with E-state index in [0.29, 0.717) is 11.4 Å². The first-order valence-electron chi connectivity index (χ1n) is 6.46. The van der Waals surface area contributed by atoms with Crippen LogP contribution in [0.1, 0.15) is 35.8 Å². The molecule has 0 saturated carbocycles. The van der Waals surface area contributed by atoms with Crippen molar-refractivity contribution in [2.45, 2.75) is 32.2 Å². The zero-order valence-corrected chi connectivity index (χ0v) is 11.4. The van der Waals surface area contributed by atoms with Gasteiger partial charge in [0.05, 0.1) is 5.57 Å². The lowest BCUT2D eigenvalue weighted by atomic mass is 10.2. The van der Waals surface area contributed by atoms with Gasteiger partial charge in [0.25, 0.3) is 0 Å². The Balaban J connectivity index is 2.01. The van der Waals surface area contributed by atoms with Crippen molar-refractivity contribution in [3.8, 4) is 6.07 Å². The van der Waals surface area contributed by atoms with Crippen LogP contribution in [0.3, 0.4) is 0 Å². The third-order valence-electron chi connectivity index (χ3n) is 3.30. The van der Waals surface area contributed by atoms with Crippen LogP contribution in [-0.4, -0.2) is 14.8 Å². The molecule has 19 heavy (non-hydrogen) atoms. The van der Waals surface area contributed by atoms with Gasteiger partial charge >= 0.3 is 0 Å². The van der Waals surface area contributed by atoms with E-state index in [-0.39, 0.29) is 0 Å². The molecule has 0 fully saturated rings. The summed E-state index contributed by atoms with van der Waals surface area (Å²) in [5.74, 6) is 1.73. The standard InChI is InChI=1S/C14H14N4S/c15-10-11(9-12-5-4-8-19-12)14-17-16-13-6-2-1-3-7-18(13)14/h4-5,8-9H,1-3,6-7H2. The molecule has 0 aliphatic carbocycles. The number of nitrogens with zero attached hydrogens (tertiary/aromatic N) is 4. The summed E-state index contributed by atoms with van der Waals surface area (Å²) in [5, 5.41) is 19.8. The molecule has 3 rings (SSSR count). The summed E-state index contributed by atoms with van der Waals surface area (Å²) in [4.78, 5) is 1.07. The van der Waals surface area contributed by atoms with Crippen LogP contribution in [0.4, 0.5) is 0 Å². The van der Waals surface area contributed by atoms with Gasteiger partial charge in [-0.05, 0) is 30.4 Å². The van der Waals surface area contributed by atoms with Crippen LogP contribution < -0.4 is 0 Å². The van der Waals surface area contributed by atoms with Gasteiger partial charge in [-0.25, -0.2) is 0 Å². The number of hydrogen-bond acceptors (Lipinski definition) is 4. The molecule has 1 aliphatic heterocycles. The van der Waals surface area contributed by atoms with Crippen LogP contribution in [0.15, 0.2) is 17.5 Å². The van der Waals surface area contributed by atoms with E-state index in [1.807, 2.05) is 23.6 Å². The lowest BCUT2D eigenvalue weighted by molar-refractivity contribution is 0.627. The molecular weight excluding hydrogens is 256 g/mol. The third kappa shape index (κ3) is 2.45. The van der Waals surface area contributed by atoms with Crippen molar-refractivity contribution in [3.05, 3.63) is 34.0 Å². The number of hydrogen-bond donors (Lipinski definition) is 0. The predicted molar refractivity (Wildman–Crippen MR) is 75.4 cm³/mol. The summed E-state index contributed by atoms with van der Waals surface area (Å²) in [6, 6.07) is 6.24. The Labute approximate surface area is 116 Å². The second-order valence-electron chi connectivity index (χ2n) is 4.59. The van der Waals surface area contributed by atoms with Crippen LogP contribution in [-0.2, 0) is 13.0 Å². The molecule has 5 heteroatoms. The highest BCUT2D eigenvalue weighted by Crippen LogP contribution is 2.22. The molecule has 0 spiro atoms. The number of fused-ring (bicyclic) bond motifs is 1. The molecule has 0 saturated heterocycles. The fraction of sp³-hybridized carbons (Fsp3) is 0.357. The van der Waals surface area contributed by atoms with Crippen LogP contribution in [0.25, 0.3) is 11.6 Å². The Morgan fingerprint density at radius 3 is 3.11 bits per heavy atom. The molecule has 1 aliphatic rings. The Morgan fingerprint density at radius 1 is 1.37 bits per heavy atom. The Morgan fingerprint density at radius 2 is 2.32 bits per heavy atom. The largest absolute Gasteiger partial charge is 0.310 e. The first-order valence-corrected chi connectivity index (χ1v) is 7.34. The SMILES string of the molecule is N#CC(=Cc1cccs1)c1nnc2n1CCCCC2. The number of rotatable bonds is 2. The normalized spacial score (nSPS) is 15.6. The molecule has 0 N–H and O–H groups in total. The number of nitriles is 1. The molecule has 0 unspecified atom stereocenters. The average Bonchev–Trinajstić information content (AvgIpc) is 3.01. The zero-order valence-electron chi connectivity index (χ0n) is 10.5. The van der Waals surface area contributed by atoms with Gasteiger partial charge in [-0.3, -0.25) is 0 Å². The summed E-state index contributed by atoms with van der Waals surface area (Å²) in [5.41, 5.74) is 0.600. The highest BCUT2D eigenvalue weighted by molar-refractivity contribution is 7.10. The summed E-state index contributed by atoms with van der Waals surface area (Å²) >= 11 is 1.62. The van der Waals surface area contributed by atoms with Crippen molar-refractivity contribution < 1.29 is 0 Å². The molecule has 96 valence electrons. The van der Waals surface area contributed by atoms with Gasteiger partial charge < -0.3 is 4.57 Å². The van der Waals surface area contributed by atoms with Gasteiger partial charge in [0.2, 0.25) is 0 Å². The molecule has 4 nitrogen and oxygen atoms in total. The number of aryl methyl sites for hydroxylation is 1. The van der Waals surface area contributed by atoms with Crippen molar-refractivity contribution in [1.82, 2.24) is 14.8 Å². The molecular formula is C14H14N4S. The average molecular weight is 270 g/mol. The van der Waals surface area contributed by atoms with E-state index in [1.165, 1.54) is 6.42 Å². The minimum absolute atomic E-state index is 0.600. The van der Waals surface area contributed by atoms with Gasteiger partial charge in [-0.15, -0.1) is 21.5 Å². The Kier molecular flexibility index (Phi) is 3.43. The quantitative estimate of drug-likeness (QED) is 0.788. The smallest absolute Gasteiger partial charge is 0.174 e. The van der Waals surface area contributed by atoms with Gasteiger partial charge in [0, 0.05) is 17.8 Å². The summed E-state index contributed by atoms with van der Waals surface area (Å²) in [6.07, 6.45) is 6.38. The lowest BCUT2D eigenvalue weighted by Gasteiger charge is -2.05. The van der Waals surface area contributed by atoms with Crippen molar-refractivity contribution in [1.29, 1.82) is 5.26 Å². The van der Waals surface area contributed by atoms with E-state index in [1.54, 1.807) is 11.3 Å². The second-order valence-corrected chi connectivity index (χ2v) is 5.57. The van der Waals surface area contributed by atoms with Crippen LogP contribution in [0.5, 0.6) is 0 Å². The second kappa shape index (κ2) is 5.37. The van der Waals surface area contributed by atoms with Gasteiger partial charge in [0.15, 0.2) is 5.82 Å². The van der Waals surface area contributed by atoms with Crippen LogP contribution >= 0.6 is 11.3 Å². The van der Waals surface area contributed by atoms with E-state index in [4.69, 9.17) is 0 Å². The first kappa shape index (κ1) is 12.1. The van der Waals surface area contributed by atoms with E-state index >= 15 is 0 Å². The Hall–Kier alpha value is -1.93. The van der Waals surface area contributed by atoms with Gasteiger partial charge in [-0.2, -0.15) is 5.26 Å². The monoisotopic (exact) mass is 270 g/mol. The van der Waals surface area contributed by atoms with Crippen LogP contribution in [0, 0.1) is 11.3 Å². The molecule has 0 bridgehead atoms. The summed E-state index contributed by atoms with van der Waals surface area (Å²) < 4.78 is 2.11. The number of allylic oxidation sites excluding steroid dienone is 1. The molecule has 0 amide bonds. The van der Waals surface area contributed by atoms with E-state index in [0.717, 1.165) is 36.5 Å². The van der Waals surface area contributed by atoms with Gasteiger partial charge in [0.1, 0.15) is 11.9 Å². The van der Waals surface area contributed by atoms with E-state index in [2.05, 4.69) is 20.8 Å². The maximum atomic E-state index is 9.37. The third-order valence-corrected chi connectivity index (χ3v) is 4.12. The molecule has 0 aromatic carbocycles. The van der Waals surface area contributed by atoms with Crippen molar-refractivity contribution >= 4 is 23.0 Å². The van der Waals surface area contributed by atoms with Crippen LogP contribution in [0.2, 0.25) is 0 Å². The summed E-state index contributed by atoms with van der Waals surface area (Å²) in [6.45, 7) is 0.918. The van der Waals surface area contributed by atoms with E-state index in [9.17, 15) is 5.26 Å². The minimum atomic E-state index is 0.600. The maximum absolute atomic E-state index is 9.37. The minimum Gasteiger partial charge on any atom is -0.310 e. The fourth-order valence-corrected chi connectivity index (χ4v) is 3.00. The lowest BCUT2D eigenvalue weighted by Crippen LogP contribution is -2.05. The van der Waals surface area contributed by atoms with Crippen molar-refractivity contribution in [3.63, 3.8) is 0 Å². The number of aromatic nitrogens is 3. The molecule has 2 aromatic rings. The molecule has 0 atom stereocenters. The fourth-order valence-electron chi connectivity index (χ4n) is 2.35. The van der Waals surface area contributed by atoms with Crippen molar-refractivity contribution in [2.75, 3.05) is 0 Å². The predicted octanol–water partition coefficient (Wildman–Crippen LogP) is 3.13. The molecule has 3 heterocycles. The maximum Gasteiger partial charge on any atom is 0.174 e. The number of thiophene rings is 1.